The van der Waals surface area contributed by atoms with E-state index in [1.165, 1.54) is 12.1 Å². The Morgan fingerprint density at radius 3 is 2.48 bits per heavy atom. The number of likely N-dealkylation sites (tertiary alicyclic amines) is 1. The average Bonchev–Trinajstić information content (AvgIpc) is 2.62. The van der Waals surface area contributed by atoms with Crippen molar-refractivity contribution in [3.05, 3.63) is 35.6 Å². The number of aliphatic hydroxyl groups is 1. The molecule has 0 aromatic heterocycles. The maximum atomic E-state index is 13.0. The van der Waals surface area contributed by atoms with Crippen LogP contribution in [0.4, 0.5) is 4.39 Å². The van der Waals surface area contributed by atoms with E-state index in [-0.39, 0.29) is 23.7 Å². The lowest BCUT2D eigenvalue weighted by Crippen LogP contribution is -2.51. The number of aliphatic hydroxyl groups excluding tert-OH is 1. The quantitative estimate of drug-likeness (QED) is 0.898. The third-order valence-electron chi connectivity index (χ3n) is 5.12. The number of nitrogens with one attached hydrogen (secondary N) is 1. The first-order valence-electron chi connectivity index (χ1n) is 8.61. The van der Waals surface area contributed by atoms with E-state index in [0.29, 0.717) is 13.1 Å². The molecule has 1 aromatic carbocycles. The molecule has 0 spiro atoms. The van der Waals surface area contributed by atoms with Crippen molar-refractivity contribution in [2.75, 3.05) is 19.6 Å². The van der Waals surface area contributed by atoms with Crippen molar-refractivity contribution >= 4 is 5.91 Å². The SMILES string of the molecule is O=C([C@H]1CCCCN1)N1CCC([C@@H](O)c2ccc(F)cc2)CC1. The van der Waals surface area contributed by atoms with Crippen LogP contribution in [0.2, 0.25) is 0 Å². The first-order valence-corrected chi connectivity index (χ1v) is 8.61. The van der Waals surface area contributed by atoms with E-state index < -0.39 is 6.10 Å². The molecule has 1 aromatic rings. The summed E-state index contributed by atoms with van der Waals surface area (Å²) >= 11 is 0. The number of carbonyl (C=O) groups is 1. The second-order valence-corrected chi connectivity index (χ2v) is 6.66. The van der Waals surface area contributed by atoms with E-state index >= 15 is 0 Å². The van der Waals surface area contributed by atoms with Gasteiger partial charge in [-0.25, -0.2) is 4.39 Å². The summed E-state index contributed by atoms with van der Waals surface area (Å²) in [5, 5.41) is 13.8. The fourth-order valence-electron chi connectivity index (χ4n) is 3.65. The lowest BCUT2D eigenvalue weighted by Gasteiger charge is -2.37. The molecule has 23 heavy (non-hydrogen) atoms. The number of halogens is 1. The summed E-state index contributed by atoms with van der Waals surface area (Å²) in [6.45, 7) is 2.32. The van der Waals surface area contributed by atoms with Gasteiger partial charge in [-0.05, 0) is 55.8 Å². The number of amides is 1. The Labute approximate surface area is 136 Å². The molecule has 5 heteroatoms. The Balaban J connectivity index is 1.53. The van der Waals surface area contributed by atoms with Crippen LogP contribution in [0, 0.1) is 11.7 Å². The minimum absolute atomic E-state index is 0.0256. The van der Waals surface area contributed by atoms with Crippen molar-refractivity contribution < 1.29 is 14.3 Å². The standard InChI is InChI=1S/C18H25FN2O2/c19-15-6-4-13(5-7-15)17(22)14-8-11-21(12-9-14)18(23)16-3-1-2-10-20-16/h4-7,14,16-17,20,22H,1-3,8-12H2/t16-,17+/m1/s1. The molecule has 2 fully saturated rings. The maximum absolute atomic E-state index is 13.0. The molecule has 0 saturated carbocycles. The molecule has 2 atom stereocenters. The van der Waals surface area contributed by atoms with E-state index in [9.17, 15) is 14.3 Å². The zero-order chi connectivity index (χ0) is 16.2. The molecule has 2 saturated heterocycles. The second-order valence-electron chi connectivity index (χ2n) is 6.66. The van der Waals surface area contributed by atoms with Gasteiger partial charge in [0.15, 0.2) is 0 Å². The number of benzene rings is 1. The van der Waals surface area contributed by atoms with Gasteiger partial charge in [-0.1, -0.05) is 18.6 Å². The molecule has 2 N–H and O–H groups in total. The highest BCUT2D eigenvalue weighted by Gasteiger charge is 2.31. The largest absolute Gasteiger partial charge is 0.388 e. The molecule has 0 radical (unpaired) electrons. The van der Waals surface area contributed by atoms with Gasteiger partial charge in [0.25, 0.3) is 0 Å². The number of nitrogens with zero attached hydrogens (tertiary/aromatic N) is 1. The molecule has 2 aliphatic rings. The molecule has 0 aliphatic carbocycles. The Hall–Kier alpha value is -1.46. The number of hydrogen-bond acceptors (Lipinski definition) is 3. The third kappa shape index (κ3) is 3.90. The molecule has 4 nitrogen and oxygen atoms in total. The molecule has 1 amide bonds. The first kappa shape index (κ1) is 16.4. The van der Waals surface area contributed by atoms with Gasteiger partial charge in [0.2, 0.25) is 5.91 Å². The number of hydrogen-bond donors (Lipinski definition) is 2. The zero-order valence-corrected chi connectivity index (χ0v) is 13.4. The summed E-state index contributed by atoms with van der Waals surface area (Å²) in [4.78, 5) is 14.4. The molecule has 3 rings (SSSR count). The first-order chi connectivity index (χ1) is 11.1. The lowest BCUT2D eigenvalue weighted by atomic mass is 9.87. The van der Waals surface area contributed by atoms with Crippen LogP contribution < -0.4 is 5.32 Å². The van der Waals surface area contributed by atoms with Crippen LogP contribution in [0.3, 0.4) is 0 Å². The fraction of sp³-hybridized carbons (Fsp3) is 0.611. The van der Waals surface area contributed by atoms with E-state index in [1.807, 2.05) is 4.90 Å². The monoisotopic (exact) mass is 320 g/mol. The van der Waals surface area contributed by atoms with E-state index in [4.69, 9.17) is 0 Å². The van der Waals surface area contributed by atoms with Crippen molar-refractivity contribution in [1.29, 1.82) is 0 Å². The number of piperidine rings is 2. The Kier molecular flexibility index (Phi) is 5.28. The highest BCUT2D eigenvalue weighted by Crippen LogP contribution is 2.31. The Morgan fingerprint density at radius 2 is 1.87 bits per heavy atom. The molecule has 126 valence electrons. The smallest absolute Gasteiger partial charge is 0.239 e. The van der Waals surface area contributed by atoms with E-state index in [0.717, 1.165) is 44.2 Å². The molecule has 0 bridgehead atoms. The fourth-order valence-corrected chi connectivity index (χ4v) is 3.65. The van der Waals surface area contributed by atoms with Gasteiger partial charge in [-0.3, -0.25) is 4.79 Å². The maximum Gasteiger partial charge on any atom is 0.239 e. The molecule has 2 aliphatic heterocycles. The van der Waals surface area contributed by atoms with Crippen LogP contribution in [-0.4, -0.2) is 41.6 Å². The summed E-state index contributed by atoms with van der Waals surface area (Å²) in [5.41, 5.74) is 0.755. The molecular formula is C18H25FN2O2. The van der Waals surface area contributed by atoms with Crippen LogP contribution >= 0.6 is 0 Å². The van der Waals surface area contributed by atoms with Crippen molar-refractivity contribution in [3.8, 4) is 0 Å². The summed E-state index contributed by atoms with van der Waals surface area (Å²) in [6, 6.07) is 6.02. The molecule has 2 heterocycles. The van der Waals surface area contributed by atoms with Gasteiger partial charge in [0.05, 0.1) is 12.1 Å². The van der Waals surface area contributed by atoms with Gasteiger partial charge in [-0.2, -0.15) is 0 Å². The van der Waals surface area contributed by atoms with Crippen molar-refractivity contribution in [2.45, 2.75) is 44.2 Å². The van der Waals surface area contributed by atoms with Crippen LogP contribution in [-0.2, 0) is 4.79 Å². The Morgan fingerprint density at radius 1 is 1.17 bits per heavy atom. The normalized spacial score (nSPS) is 24.4. The highest BCUT2D eigenvalue weighted by atomic mass is 19.1. The van der Waals surface area contributed by atoms with Crippen molar-refractivity contribution in [2.24, 2.45) is 5.92 Å². The Bertz CT molecular complexity index is 520. The topological polar surface area (TPSA) is 52.6 Å². The predicted molar refractivity (Wildman–Crippen MR) is 86.3 cm³/mol. The lowest BCUT2D eigenvalue weighted by molar-refractivity contribution is -0.136. The highest BCUT2D eigenvalue weighted by molar-refractivity contribution is 5.82. The van der Waals surface area contributed by atoms with Gasteiger partial charge in [0, 0.05) is 13.1 Å². The van der Waals surface area contributed by atoms with Crippen LogP contribution in [0.25, 0.3) is 0 Å². The molecular weight excluding hydrogens is 295 g/mol. The van der Waals surface area contributed by atoms with Crippen LogP contribution in [0.15, 0.2) is 24.3 Å². The number of rotatable bonds is 3. The van der Waals surface area contributed by atoms with Gasteiger partial charge in [-0.15, -0.1) is 0 Å². The minimum Gasteiger partial charge on any atom is -0.388 e. The average molecular weight is 320 g/mol. The van der Waals surface area contributed by atoms with Crippen LogP contribution in [0.5, 0.6) is 0 Å². The summed E-state index contributed by atoms with van der Waals surface area (Å²) in [7, 11) is 0. The summed E-state index contributed by atoms with van der Waals surface area (Å²) in [6.07, 6.45) is 4.18. The van der Waals surface area contributed by atoms with Gasteiger partial charge < -0.3 is 15.3 Å². The van der Waals surface area contributed by atoms with E-state index in [2.05, 4.69) is 5.32 Å². The summed E-state index contributed by atoms with van der Waals surface area (Å²) < 4.78 is 13.0. The predicted octanol–water partition coefficient (Wildman–Crippen LogP) is 2.24. The van der Waals surface area contributed by atoms with Crippen molar-refractivity contribution in [3.63, 3.8) is 0 Å². The van der Waals surface area contributed by atoms with E-state index in [1.54, 1.807) is 12.1 Å². The molecule has 0 unspecified atom stereocenters. The van der Waals surface area contributed by atoms with Gasteiger partial charge in [0.1, 0.15) is 5.82 Å². The second kappa shape index (κ2) is 7.41. The van der Waals surface area contributed by atoms with Crippen molar-refractivity contribution in [1.82, 2.24) is 10.2 Å². The number of carbonyl (C=O) groups excluding carboxylic acids is 1. The summed E-state index contributed by atoms with van der Waals surface area (Å²) in [5.74, 6) is 0.0459. The van der Waals surface area contributed by atoms with Crippen LogP contribution in [0.1, 0.15) is 43.8 Å². The minimum atomic E-state index is -0.583. The third-order valence-corrected chi connectivity index (χ3v) is 5.12. The zero-order valence-electron chi connectivity index (χ0n) is 13.4. The van der Waals surface area contributed by atoms with Gasteiger partial charge >= 0.3 is 0 Å².